The lowest BCUT2D eigenvalue weighted by atomic mass is 10.2. The van der Waals surface area contributed by atoms with Crippen molar-refractivity contribution in [3.63, 3.8) is 0 Å². The maximum Gasteiger partial charge on any atom is 0.216 e. The molecule has 0 bridgehead atoms. The number of hydrogen-bond acceptors (Lipinski definition) is 2. The molecule has 0 aliphatic heterocycles. The molecule has 1 aromatic carbocycles. The zero-order valence-electron chi connectivity index (χ0n) is 8.87. The summed E-state index contributed by atoms with van der Waals surface area (Å²) in [5.74, 6) is 0.00463. The van der Waals surface area contributed by atoms with Gasteiger partial charge >= 0.3 is 0 Å². The van der Waals surface area contributed by atoms with Crippen molar-refractivity contribution in [1.29, 1.82) is 0 Å². The number of rotatable bonds is 1. The van der Waals surface area contributed by atoms with Gasteiger partial charge in [-0.15, -0.1) is 0 Å². The molecule has 2 N–H and O–H groups in total. The molecule has 78 valence electrons. The Balaban J connectivity index is 0.000000292. The molecule has 0 unspecified atom stereocenters. The number of aliphatic hydroxyl groups is 1. The molecule has 0 aliphatic rings. The summed E-state index contributed by atoms with van der Waals surface area (Å²) in [6.45, 7) is 3.64. The van der Waals surface area contributed by atoms with E-state index in [1.165, 1.54) is 12.5 Å². The van der Waals surface area contributed by atoms with Gasteiger partial charge in [0.05, 0.1) is 6.61 Å². The number of carbonyl (C=O) groups is 1. The molecule has 0 saturated heterocycles. The first-order valence-corrected chi connectivity index (χ1v) is 4.45. The maximum atomic E-state index is 9.70. The van der Waals surface area contributed by atoms with Gasteiger partial charge < -0.3 is 10.4 Å². The number of nitrogens with one attached hydrogen (secondary N) is 1. The van der Waals surface area contributed by atoms with Gasteiger partial charge in [-0.1, -0.05) is 29.8 Å². The predicted molar refractivity (Wildman–Crippen MR) is 56.8 cm³/mol. The van der Waals surface area contributed by atoms with Gasteiger partial charge in [0, 0.05) is 14.0 Å². The molecule has 1 rings (SSSR count). The normalized spacial score (nSPS) is 8.57. The monoisotopic (exact) mass is 195 g/mol. The third kappa shape index (κ3) is 6.20. The summed E-state index contributed by atoms with van der Waals surface area (Å²) in [5, 5.41) is 11.0. The highest BCUT2D eigenvalue weighted by atomic mass is 16.3. The minimum Gasteiger partial charge on any atom is -0.392 e. The van der Waals surface area contributed by atoms with Gasteiger partial charge in [0.2, 0.25) is 5.91 Å². The lowest BCUT2D eigenvalue weighted by Gasteiger charge is -1.93. The topological polar surface area (TPSA) is 49.3 Å². The molecule has 1 amide bonds. The summed E-state index contributed by atoms with van der Waals surface area (Å²) in [6, 6.07) is 7.84. The van der Waals surface area contributed by atoms with Crippen molar-refractivity contribution >= 4 is 5.91 Å². The standard InChI is InChI=1S/C8H10O.C3H7NO/c1-7-2-4-8(6-9)5-3-7;1-3(5)4-2/h2-5,9H,6H2,1H3;1-2H3,(H,4,5). The van der Waals surface area contributed by atoms with Gasteiger partial charge in [-0.2, -0.15) is 0 Å². The third-order valence-electron chi connectivity index (χ3n) is 1.66. The Hall–Kier alpha value is -1.35. The van der Waals surface area contributed by atoms with Gasteiger partial charge in [0.15, 0.2) is 0 Å². The highest BCUT2D eigenvalue weighted by Crippen LogP contribution is 2.01. The lowest BCUT2D eigenvalue weighted by Crippen LogP contribution is -2.11. The number of carbonyl (C=O) groups excluding carboxylic acids is 1. The molecule has 14 heavy (non-hydrogen) atoms. The summed E-state index contributed by atoms with van der Waals surface area (Å²) >= 11 is 0. The second-order valence-electron chi connectivity index (χ2n) is 2.95. The van der Waals surface area contributed by atoms with E-state index in [1.807, 2.05) is 31.2 Å². The van der Waals surface area contributed by atoms with Crippen LogP contribution >= 0.6 is 0 Å². The molecule has 0 radical (unpaired) electrons. The Kier molecular flexibility index (Phi) is 6.41. The average molecular weight is 195 g/mol. The molecular formula is C11H17NO2. The Morgan fingerprint density at radius 3 is 2.07 bits per heavy atom. The molecule has 0 fully saturated rings. The highest BCUT2D eigenvalue weighted by Gasteiger charge is 1.85. The first-order valence-electron chi connectivity index (χ1n) is 4.45. The molecule has 3 nitrogen and oxygen atoms in total. The fourth-order valence-electron chi connectivity index (χ4n) is 0.693. The van der Waals surface area contributed by atoms with E-state index in [1.54, 1.807) is 7.05 Å². The minimum atomic E-state index is 0.00463. The Morgan fingerprint density at radius 2 is 1.79 bits per heavy atom. The molecule has 0 saturated carbocycles. The van der Waals surface area contributed by atoms with Crippen LogP contribution in [0, 0.1) is 6.92 Å². The number of hydrogen-bond donors (Lipinski definition) is 2. The van der Waals surface area contributed by atoms with Crippen molar-refractivity contribution in [3.05, 3.63) is 35.4 Å². The van der Waals surface area contributed by atoms with Crippen molar-refractivity contribution in [3.8, 4) is 0 Å². The fraction of sp³-hybridized carbons (Fsp3) is 0.364. The van der Waals surface area contributed by atoms with Crippen LogP contribution in [0.1, 0.15) is 18.1 Å². The SMILES string of the molecule is CNC(C)=O.Cc1ccc(CO)cc1. The molecular weight excluding hydrogens is 178 g/mol. The molecule has 0 atom stereocenters. The summed E-state index contributed by atoms with van der Waals surface area (Å²) in [4.78, 5) is 9.70. The van der Waals surface area contributed by atoms with Crippen LogP contribution in [-0.2, 0) is 11.4 Å². The van der Waals surface area contributed by atoms with Crippen molar-refractivity contribution in [2.75, 3.05) is 7.05 Å². The Morgan fingerprint density at radius 1 is 1.36 bits per heavy atom. The van der Waals surface area contributed by atoms with Gasteiger partial charge in [-0.3, -0.25) is 4.79 Å². The number of amides is 1. The van der Waals surface area contributed by atoms with Crippen LogP contribution in [0.15, 0.2) is 24.3 Å². The summed E-state index contributed by atoms with van der Waals surface area (Å²) in [5.41, 5.74) is 2.20. The maximum absolute atomic E-state index is 9.70. The summed E-state index contributed by atoms with van der Waals surface area (Å²) in [6.07, 6.45) is 0. The first kappa shape index (κ1) is 12.7. The zero-order valence-corrected chi connectivity index (χ0v) is 8.87. The van der Waals surface area contributed by atoms with Crippen LogP contribution < -0.4 is 5.32 Å². The quantitative estimate of drug-likeness (QED) is 0.708. The van der Waals surface area contributed by atoms with Crippen LogP contribution in [0.5, 0.6) is 0 Å². The Bertz CT molecular complexity index is 267. The highest BCUT2D eigenvalue weighted by molar-refractivity contribution is 5.72. The summed E-state index contributed by atoms with van der Waals surface area (Å²) in [7, 11) is 1.60. The van der Waals surface area contributed by atoms with E-state index in [0.717, 1.165) is 5.56 Å². The van der Waals surface area contributed by atoms with Crippen molar-refractivity contribution in [2.24, 2.45) is 0 Å². The molecule has 0 spiro atoms. The van der Waals surface area contributed by atoms with Crippen LogP contribution in [0.25, 0.3) is 0 Å². The zero-order chi connectivity index (χ0) is 11.0. The van der Waals surface area contributed by atoms with Gasteiger partial charge in [-0.25, -0.2) is 0 Å². The van der Waals surface area contributed by atoms with E-state index in [-0.39, 0.29) is 12.5 Å². The molecule has 0 aromatic heterocycles. The van der Waals surface area contributed by atoms with Gasteiger partial charge in [0.1, 0.15) is 0 Å². The minimum absolute atomic E-state index is 0.00463. The van der Waals surface area contributed by atoms with Crippen LogP contribution in [0.2, 0.25) is 0 Å². The van der Waals surface area contributed by atoms with Gasteiger partial charge in [0.25, 0.3) is 0 Å². The predicted octanol–water partition coefficient (Wildman–Crippen LogP) is 1.24. The van der Waals surface area contributed by atoms with Crippen LogP contribution in [0.3, 0.4) is 0 Å². The van der Waals surface area contributed by atoms with Crippen molar-refractivity contribution in [2.45, 2.75) is 20.5 Å². The van der Waals surface area contributed by atoms with Gasteiger partial charge in [-0.05, 0) is 12.5 Å². The molecule has 1 aromatic rings. The second kappa shape index (κ2) is 7.09. The van der Waals surface area contributed by atoms with E-state index in [9.17, 15) is 4.79 Å². The van der Waals surface area contributed by atoms with E-state index >= 15 is 0 Å². The fourth-order valence-corrected chi connectivity index (χ4v) is 0.693. The van der Waals surface area contributed by atoms with Crippen LogP contribution in [-0.4, -0.2) is 18.1 Å². The van der Waals surface area contributed by atoms with Crippen LogP contribution in [0.4, 0.5) is 0 Å². The van der Waals surface area contributed by atoms with E-state index in [0.29, 0.717) is 0 Å². The number of benzene rings is 1. The number of aliphatic hydroxyl groups excluding tert-OH is 1. The molecule has 0 aliphatic carbocycles. The molecule has 3 heteroatoms. The number of aryl methyl sites for hydroxylation is 1. The van der Waals surface area contributed by atoms with Crippen molar-refractivity contribution in [1.82, 2.24) is 5.32 Å². The smallest absolute Gasteiger partial charge is 0.216 e. The van der Waals surface area contributed by atoms with E-state index < -0.39 is 0 Å². The average Bonchev–Trinajstić information content (AvgIpc) is 2.20. The summed E-state index contributed by atoms with van der Waals surface area (Å²) < 4.78 is 0. The third-order valence-corrected chi connectivity index (χ3v) is 1.66. The Labute approximate surface area is 84.8 Å². The largest absolute Gasteiger partial charge is 0.392 e. The lowest BCUT2D eigenvalue weighted by molar-refractivity contribution is -0.118. The first-order chi connectivity index (χ1) is 6.60. The molecule has 0 heterocycles. The van der Waals surface area contributed by atoms with E-state index in [4.69, 9.17) is 5.11 Å². The van der Waals surface area contributed by atoms with Crippen molar-refractivity contribution < 1.29 is 9.90 Å². The second-order valence-corrected chi connectivity index (χ2v) is 2.95. The van der Waals surface area contributed by atoms with E-state index in [2.05, 4.69) is 5.32 Å².